The van der Waals surface area contributed by atoms with Crippen molar-refractivity contribution in [3.8, 4) is 0 Å². The fourth-order valence-corrected chi connectivity index (χ4v) is 3.70. The lowest BCUT2D eigenvalue weighted by molar-refractivity contribution is 0.0337. The molecule has 0 N–H and O–H groups in total. The molecule has 1 heterocycles. The van der Waals surface area contributed by atoms with E-state index in [0.717, 1.165) is 17.1 Å². The Kier molecular flexibility index (Phi) is 5.98. The molecule has 0 unspecified atom stereocenters. The number of aliphatic imine (C=N–C) groups is 1. The van der Waals surface area contributed by atoms with Gasteiger partial charge < -0.3 is 4.90 Å². The minimum atomic E-state index is -0.101. The van der Waals surface area contributed by atoms with Crippen molar-refractivity contribution < 1.29 is 4.39 Å². The first-order valence-electron chi connectivity index (χ1n) is 8.66. The molecule has 24 heavy (non-hydrogen) atoms. The summed E-state index contributed by atoms with van der Waals surface area (Å²) < 4.78 is 13.1. The number of allylic oxidation sites excluding steroid dienone is 2. The molecule has 0 atom stereocenters. The molecular weight excluding hydrogens is 299 g/mol. The lowest BCUT2D eigenvalue weighted by Gasteiger charge is -2.59. The Bertz CT molecular complexity index is 631. The molecule has 1 aliphatic carbocycles. The molecule has 1 spiro atoms. The van der Waals surface area contributed by atoms with E-state index in [1.165, 1.54) is 31.6 Å². The third-order valence-electron chi connectivity index (χ3n) is 4.65. The molecule has 130 valence electrons. The zero-order valence-electron chi connectivity index (χ0n) is 15.3. The van der Waals surface area contributed by atoms with Gasteiger partial charge in [0, 0.05) is 36.6 Å². The lowest BCUT2D eigenvalue weighted by atomic mass is 9.58. The van der Waals surface area contributed by atoms with Gasteiger partial charge in [0.15, 0.2) is 0 Å². The highest BCUT2D eigenvalue weighted by molar-refractivity contribution is 5.77. The summed E-state index contributed by atoms with van der Waals surface area (Å²) >= 11 is 0. The lowest BCUT2D eigenvalue weighted by Crippen LogP contribution is -2.62. The largest absolute Gasteiger partial charge is 0.370 e. The van der Waals surface area contributed by atoms with Crippen LogP contribution in [0, 0.1) is 24.1 Å². The monoisotopic (exact) mass is 328 g/mol. The summed E-state index contributed by atoms with van der Waals surface area (Å²) in [6, 6.07) is 5.45. The summed E-state index contributed by atoms with van der Waals surface area (Å²) in [6.07, 6.45) is 8.08. The smallest absolute Gasteiger partial charge is 0.126 e. The molecule has 0 amide bonds. The van der Waals surface area contributed by atoms with Gasteiger partial charge in [0.1, 0.15) is 5.82 Å². The number of hydrogen-bond donors (Lipinski definition) is 0. The molecule has 0 radical (unpaired) electrons. The van der Waals surface area contributed by atoms with Crippen LogP contribution in [0.1, 0.15) is 39.2 Å². The Labute approximate surface area is 145 Å². The number of halogens is 1. The van der Waals surface area contributed by atoms with Crippen molar-refractivity contribution in [1.82, 2.24) is 0 Å². The zero-order valence-corrected chi connectivity index (χ0v) is 15.3. The van der Waals surface area contributed by atoms with Gasteiger partial charge in [-0.1, -0.05) is 19.6 Å². The molecule has 3 heteroatoms. The van der Waals surface area contributed by atoms with Gasteiger partial charge in [-0.05, 0) is 68.9 Å². The van der Waals surface area contributed by atoms with Crippen LogP contribution in [0.3, 0.4) is 0 Å². The summed E-state index contributed by atoms with van der Waals surface area (Å²) in [6.45, 7) is 14.0. The summed E-state index contributed by atoms with van der Waals surface area (Å²) in [7, 11) is 0. The zero-order chi connectivity index (χ0) is 17.7. The van der Waals surface area contributed by atoms with Crippen LogP contribution in [0.4, 0.5) is 10.1 Å². The van der Waals surface area contributed by atoms with E-state index in [1.807, 2.05) is 39.0 Å². The second-order valence-electron chi connectivity index (χ2n) is 7.41. The fourth-order valence-electron chi connectivity index (χ4n) is 3.70. The number of hydrogen-bond acceptors (Lipinski definition) is 2. The number of benzene rings is 1. The highest BCUT2D eigenvalue weighted by Gasteiger charge is 2.50. The average molecular weight is 328 g/mol. The van der Waals surface area contributed by atoms with E-state index in [1.54, 1.807) is 18.5 Å². The second kappa shape index (κ2) is 7.78. The number of rotatable bonds is 3. The third-order valence-corrected chi connectivity index (χ3v) is 4.65. The number of aryl methyl sites for hydroxylation is 1. The highest BCUT2D eigenvalue weighted by atomic mass is 19.1. The van der Waals surface area contributed by atoms with Gasteiger partial charge in [-0.2, -0.15) is 0 Å². The average Bonchev–Trinajstić information content (AvgIpc) is 2.45. The molecule has 1 aromatic rings. The molecule has 1 saturated carbocycles. The Balaban J connectivity index is 0.000000224. The fraction of sp³-hybridized carbons (Fsp3) is 0.476. The molecule has 3 rings (SSSR count). The first kappa shape index (κ1) is 18.4. The van der Waals surface area contributed by atoms with Gasteiger partial charge in [-0.3, -0.25) is 4.99 Å². The van der Waals surface area contributed by atoms with Crippen molar-refractivity contribution in [1.29, 1.82) is 0 Å². The Hall–Kier alpha value is -1.90. The molecular formula is C21H29FN2. The summed E-state index contributed by atoms with van der Waals surface area (Å²) in [4.78, 5) is 6.26. The Morgan fingerprint density at radius 3 is 2.54 bits per heavy atom. The summed E-state index contributed by atoms with van der Waals surface area (Å²) in [5, 5.41) is 0. The standard InChI is InChI=1S/C14H18FN.C7H11N/c1-10-6-14(7-10)8-16(9-14)12-3-4-13(15)11(2)5-12;1-4-5-8-6-7(2)3/h3-5,10H,6-9H2,1-2H3;4-6H,2H2,1,3H3/b;5-4-,8-6?. The Morgan fingerprint density at radius 2 is 2.04 bits per heavy atom. The van der Waals surface area contributed by atoms with Gasteiger partial charge in [0.05, 0.1) is 0 Å². The van der Waals surface area contributed by atoms with Crippen molar-refractivity contribution in [2.75, 3.05) is 18.0 Å². The van der Waals surface area contributed by atoms with Gasteiger partial charge in [-0.15, -0.1) is 0 Å². The molecule has 2 fully saturated rings. The van der Waals surface area contributed by atoms with Crippen LogP contribution in [-0.4, -0.2) is 19.3 Å². The third kappa shape index (κ3) is 4.56. The van der Waals surface area contributed by atoms with E-state index in [-0.39, 0.29) is 5.82 Å². The van der Waals surface area contributed by atoms with Gasteiger partial charge in [0.2, 0.25) is 0 Å². The van der Waals surface area contributed by atoms with Crippen molar-refractivity contribution >= 4 is 11.9 Å². The van der Waals surface area contributed by atoms with Crippen LogP contribution in [0.25, 0.3) is 0 Å². The van der Waals surface area contributed by atoms with Crippen LogP contribution in [0.2, 0.25) is 0 Å². The van der Waals surface area contributed by atoms with Gasteiger partial charge in [-0.25, -0.2) is 4.39 Å². The maximum atomic E-state index is 13.1. The van der Waals surface area contributed by atoms with Crippen molar-refractivity contribution in [3.63, 3.8) is 0 Å². The SMILES string of the molecule is C=C(C)C=N/C=C\C.Cc1cc(N2CC3(CC(C)C3)C2)ccc1F. The molecule has 1 aromatic carbocycles. The Morgan fingerprint density at radius 1 is 1.38 bits per heavy atom. The molecule has 2 aliphatic rings. The van der Waals surface area contributed by atoms with E-state index in [0.29, 0.717) is 5.41 Å². The maximum Gasteiger partial charge on any atom is 0.126 e. The first-order valence-corrected chi connectivity index (χ1v) is 8.66. The van der Waals surface area contributed by atoms with Crippen LogP contribution in [0.5, 0.6) is 0 Å². The van der Waals surface area contributed by atoms with Crippen LogP contribution >= 0.6 is 0 Å². The minimum absolute atomic E-state index is 0.101. The highest BCUT2D eigenvalue weighted by Crippen LogP contribution is 2.52. The van der Waals surface area contributed by atoms with E-state index in [9.17, 15) is 4.39 Å². The summed E-state index contributed by atoms with van der Waals surface area (Å²) in [5.41, 5.74) is 3.52. The maximum absolute atomic E-state index is 13.1. The van der Waals surface area contributed by atoms with Crippen LogP contribution < -0.4 is 4.90 Å². The van der Waals surface area contributed by atoms with Crippen LogP contribution in [-0.2, 0) is 0 Å². The van der Waals surface area contributed by atoms with E-state index >= 15 is 0 Å². The molecule has 0 aromatic heterocycles. The van der Waals surface area contributed by atoms with Crippen LogP contribution in [0.15, 0.2) is 47.6 Å². The van der Waals surface area contributed by atoms with E-state index in [2.05, 4.69) is 23.4 Å². The normalized spacial score (nSPS) is 19.1. The van der Waals surface area contributed by atoms with E-state index < -0.39 is 0 Å². The van der Waals surface area contributed by atoms with E-state index in [4.69, 9.17) is 0 Å². The topological polar surface area (TPSA) is 15.6 Å². The van der Waals surface area contributed by atoms with Gasteiger partial charge >= 0.3 is 0 Å². The summed E-state index contributed by atoms with van der Waals surface area (Å²) in [5.74, 6) is 0.813. The molecule has 1 saturated heterocycles. The predicted octanol–water partition coefficient (Wildman–Crippen LogP) is 5.54. The second-order valence-corrected chi connectivity index (χ2v) is 7.41. The number of anilines is 1. The van der Waals surface area contributed by atoms with Crippen molar-refractivity contribution in [2.45, 2.75) is 40.5 Å². The van der Waals surface area contributed by atoms with Gasteiger partial charge in [0.25, 0.3) is 0 Å². The quantitative estimate of drug-likeness (QED) is 0.665. The predicted molar refractivity (Wildman–Crippen MR) is 102 cm³/mol. The van der Waals surface area contributed by atoms with Crippen molar-refractivity contribution in [2.24, 2.45) is 16.3 Å². The molecule has 1 aliphatic heterocycles. The van der Waals surface area contributed by atoms with Crippen molar-refractivity contribution in [3.05, 3.63) is 54.0 Å². The first-order chi connectivity index (χ1) is 11.3. The number of nitrogens with zero attached hydrogens (tertiary/aromatic N) is 2. The molecule has 0 bridgehead atoms. The minimum Gasteiger partial charge on any atom is -0.370 e. The molecule has 2 nitrogen and oxygen atoms in total.